The Labute approximate surface area is 171 Å². The highest BCUT2D eigenvalue weighted by atomic mass is 35.5. The molecule has 29 heavy (non-hydrogen) atoms. The summed E-state index contributed by atoms with van der Waals surface area (Å²) in [7, 11) is 3.17. The summed E-state index contributed by atoms with van der Waals surface area (Å²) in [5.74, 6) is 1.13. The standard InChI is InChI=1S/C23H17ClO5/c1-27-20-7-6-14(9-22(20)28-2)13-4-3-5-15(8-13)17-12-29-21-11-19(25)18(24)10-16(21)23(17)26/h3-12,25H,1-2H3. The van der Waals surface area contributed by atoms with Gasteiger partial charge in [0.15, 0.2) is 11.5 Å². The van der Waals surface area contributed by atoms with E-state index in [1.54, 1.807) is 14.2 Å². The van der Waals surface area contributed by atoms with E-state index in [4.69, 9.17) is 25.5 Å². The average Bonchev–Trinajstić information content (AvgIpc) is 2.75. The lowest BCUT2D eigenvalue weighted by atomic mass is 9.99. The number of fused-ring (bicyclic) bond motifs is 1. The number of benzene rings is 3. The van der Waals surface area contributed by atoms with Gasteiger partial charge in [-0.1, -0.05) is 35.9 Å². The van der Waals surface area contributed by atoms with Crippen LogP contribution in [0.1, 0.15) is 0 Å². The lowest BCUT2D eigenvalue weighted by Gasteiger charge is -2.11. The molecular formula is C23H17ClO5. The number of hydrogen-bond acceptors (Lipinski definition) is 5. The highest BCUT2D eigenvalue weighted by Crippen LogP contribution is 2.34. The van der Waals surface area contributed by atoms with E-state index in [1.807, 2.05) is 42.5 Å². The number of phenolic OH excluding ortho intramolecular Hbond substituents is 1. The van der Waals surface area contributed by atoms with E-state index in [1.165, 1.54) is 18.4 Å². The van der Waals surface area contributed by atoms with Gasteiger partial charge in [-0.05, 0) is 41.0 Å². The van der Waals surface area contributed by atoms with Crippen molar-refractivity contribution in [2.75, 3.05) is 14.2 Å². The number of halogens is 1. The first-order chi connectivity index (χ1) is 14.0. The van der Waals surface area contributed by atoms with E-state index in [0.29, 0.717) is 28.0 Å². The lowest BCUT2D eigenvalue weighted by Crippen LogP contribution is -2.04. The van der Waals surface area contributed by atoms with E-state index >= 15 is 0 Å². The van der Waals surface area contributed by atoms with Gasteiger partial charge in [0.2, 0.25) is 5.43 Å². The van der Waals surface area contributed by atoms with Crippen LogP contribution in [0.25, 0.3) is 33.2 Å². The maximum Gasteiger partial charge on any atom is 0.200 e. The maximum absolute atomic E-state index is 13.0. The van der Waals surface area contributed by atoms with Crippen molar-refractivity contribution >= 4 is 22.6 Å². The molecule has 6 heteroatoms. The average molecular weight is 409 g/mol. The lowest BCUT2D eigenvalue weighted by molar-refractivity contribution is 0.355. The topological polar surface area (TPSA) is 68.9 Å². The van der Waals surface area contributed by atoms with Crippen LogP contribution in [0.3, 0.4) is 0 Å². The molecule has 1 N–H and O–H groups in total. The SMILES string of the molecule is COc1ccc(-c2cccc(-c3coc4cc(O)c(Cl)cc4c3=O)c2)cc1OC. The Hall–Kier alpha value is -3.44. The van der Waals surface area contributed by atoms with Gasteiger partial charge >= 0.3 is 0 Å². The Balaban J connectivity index is 1.83. The van der Waals surface area contributed by atoms with Crippen LogP contribution in [0.4, 0.5) is 0 Å². The van der Waals surface area contributed by atoms with Crippen molar-refractivity contribution in [2.45, 2.75) is 0 Å². The number of aromatic hydroxyl groups is 1. The van der Waals surface area contributed by atoms with Gasteiger partial charge in [-0.15, -0.1) is 0 Å². The normalized spacial score (nSPS) is 10.9. The van der Waals surface area contributed by atoms with Gasteiger partial charge in [-0.3, -0.25) is 4.79 Å². The molecule has 0 unspecified atom stereocenters. The minimum Gasteiger partial charge on any atom is -0.506 e. The third-order valence-electron chi connectivity index (χ3n) is 4.73. The molecular weight excluding hydrogens is 392 g/mol. The van der Waals surface area contributed by atoms with Crippen LogP contribution in [0.5, 0.6) is 17.2 Å². The van der Waals surface area contributed by atoms with Gasteiger partial charge in [0.05, 0.1) is 30.2 Å². The number of methoxy groups -OCH3 is 2. The molecule has 0 aliphatic heterocycles. The number of hydrogen-bond donors (Lipinski definition) is 1. The summed E-state index contributed by atoms with van der Waals surface area (Å²) in [5.41, 5.74) is 2.99. The van der Waals surface area contributed by atoms with Crippen molar-refractivity contribution in [2.24, 2.45) is 0 Å². The number of phenols is 1. The fourth-order valence-electron chi connectivity index (χ4n) is 3.22. The minimum absolute atomic E-state index is 0.0982. The molecule has 0 aliphatic carbocycles. The van der Waals surface area contributed by atoms with Crippen molar-refractivity contribution in [3.63, 3.8) is 0 Å². The summed E-state index contributed by atoms with van der Waals surface area (Å²) in [6.07, 6.45) is 1.39. The zero-order valence-corrected chi connectivity index (χ0v) is 16.5. The van der Waals surface area contributed by atoms with Gasteiger partial charge in [0.1, 0.15) is 17.6 Å². The first-order valence-corrected chi connectivity index (χ1v) is 9.16. The Morgan fingerprint density at radius 2 is 1.62 bits per heavy atom. The summed E-state index contributed by atoms with van der Waals surface area (Å²) in [5, 5.41) is 10.1. The highest BCUT2D eigenvalue weighted by Gasteiger charge is 2.13. The van der Waals surface area contributed by atoms with Crippen molar-refractivity contribution in [1.29, 1.82) is 0 Å². The highest BCUT2D eigenvalue weighted by molar-refractivity contribution is 6.32. The quantitative estimate of drug-likeness (QED) is 0.482. The molecule has 0 atom stereocenters. The van der Waals surface area contributed by atoms with E-state index in [9.17, 15) is 9.90 Å². The molecule has 0 aliphatic rings. The third kappa shape index (κ3) is 3.41. The van der Waals surface area contributed by atoms with E-state index < -0.39 is 0 Å². The summed E-state index contributed by atoms with van der Waals surface area (Å²) in [6, 6.07) is 15.9. The van der Waals surface area contributed by atoms with Crippen LogP contribution in [-0.4, -0.2) is 19.3 Å². The Morgan fingerprint density at radius 1 is 0.897 bits per heavy atom. The summed E-state index contributed by atoms with van der Waals surface area (Å²) < 4.78 is 16.2. The van der Waals surface area contributed by atoms with Gasteiger partial charge in [0.25, 0.3) is 0 Å². The minimum atomic E-state index is -0.224. The van der Waals surface area contributed by atoms with Crippen molar-refractivity contribution < 1.29 is 19.0 Å². The second-order valence-corrected chi connectivity index (χ2v) is 6.84. The van der Waals surface area contributed by atoms with Crippen molar-refractivity contribution in [3.05, 3.63) is 76.1 Å². The summed E-state index contributed by atoms with van der Waals surface area (Å²) in [6.45, 7) is 0. The predicted molar refractivity (Wildman–Crippen MR) is 113 cm³/mol. The molecule has 1 aromatic heterocycles. The van der Waals surface area contributed by atoms with E-state index in [2.05, 4.69) is 0 Å². The fraction of sp³-hybridized carbons (Fsp3) is 0.0870. The molecule has 5 nitrogen and oxygen atoms in total. The molecule has 0 fully saturated rings. The second kappa shape index (κ2) is 7.53. The monoisotopic (exact) mass is 408 g/mol. The first-order valence-electron chi connectivity index (χ1n) is 8.78. The molecule has 3 aromatic carbocycles. The van der Waals surface area contributed by atoms with Gasteiger partial charge in [-0.25, -0.2) is 0 Å². The van der Waals surface area contributed by atoms with Crippen LogP contribution in [0.15, 0.2) is 70.1 Å². The molecule has 0 saturated heterocycles. The van der Waals surface area contributed by atoms with Crippen LogP contribution >= 0.6 is 11.6 Å². The van der Waals surface area contributed by atoms with Gasteiger partial charge in [0, 0.05) is 6.07 Å². The zero-order chi connectivity index (χ0) is 20.5. The van der Waals surface area contributed by atoms with Crippen LogP contribution in [0.2, 0.25) is 5.02 Å². The number of rotatable bonds is 4. The summed E-state index contributed by atoms with van der Waals surface area (Å²) >= 11 is 5.96. The maximum atomic E-state index is 13.0. The number of ether oxygens (including phenoxy) is 2. The zero-order valence-electron chi connectivity index (χ0n) is 15.7. The Morgan fingerprint density at radius 3 is 2.38 bits per heavy atom. The molecule has 4 rings (SSSR count). The summed E-state index contributed by atoms with van der Waals surface area (Å²) in [4.78, 5) is 13.0. The molecule has 0 spiro atoms. The molecule has 0 saturated carbocycles. The first kappa shape index (κ1) is 18.9. The van der Waals surface area contributed by atoms with Crippen molar-refractivity contribution in [3.8, 4) is 39.5 Å². The largest absolute Gasteiger partial charge is 0.506 e. The molecule has 0 amide bonds. The van der Waals surface area contributed by atoms with Gasteiger partial charge in [-0.2, -0.15) is 0 Å². The van der Waals surface area contributed by atoms with Crippen molar-refractivity contribution in [1.82, 2.24) is 0 Å². The van der Waals surface area contributed by atoms with Crippen LogP contribution in [0, 0.1) is 0 Å². The predicted octanol–water partition coefficient (Wildman–Crippen LogP) is 5.50. The molecule has 1 heterocycles. The second-order valence-electron chi connectivity index (χ2n) is 6.43. The van der Waals surface area contributed by atoms with E-state index in [-0.39, 0.29) is 21.8 Å². The Bertz CT molecular complexity index is 1280. The fourth-order valence-corrected chi connectivity index (χ4v) is 3.38. The Kier molecular flexibility index (Phi) is 4.91. The van der Waals surface area contributed by atoms with E-state index in [0.717, 1.165) is 11.1 Å². The molecule has 0 radical (unpaired) electrons. The van der Waals surface area contributed by atoms with Gasteiger partial charge < -0.3 is 19.0 Å². The third-order valence-corrected chi connectivity index (χ3v) is 5.04. The van der Waals surface area contributed by atoms with Crippen LogP contribution in [-0.2, 0) is 0 Å². The van der Waals surface area contributed by atoms with Crippen LogP contribution < -0.4 is 14.9 Å². The molecule has 4 aromatic rings. The molecule has 146 valence electrons. The smallest absolute Gasteiger partial charge is 0.200 e. The molecule has 0 bridgehead atoms.